The van der Waals surface area contributed by atoms with Gasteiger partial charge in [-0.2, -0.15) is 10.2 Å². The van der Waals surface area contributed by atoms with E-state index in [0.717, 1.165) is 29.2 Å². The summed E-state index contributed by atoms with van der Waals surface area (Å²) in [6.45, 7) is 5.07. The first kappa shape index (κ1) is 16.6. The van der Waals surface area contributed by atoms with Gasteiger partial charge in [0, 0.05) is 30.9 Å². The van der Waals surface area contributed by atoms with E-state index >= 15 is 0 Å². The molecule has 2 aromatic heterocycles. The van der Waals surface area contributed by atoms with Crippen LogP contribution in [0.25, 0.3) is 17.5 Å². The number of hydrogen-bond acceptors (Lipinski definition) is 4. The van der Waals surface area contributed by atoms with Gasteiger partial charge in [0.1, 0.15) is 5.82 Å². The normalized spacial score (nSPS) is 11.1. The van der Waals surface area contributed by atoms with Crippen molar-refractivity contribution in [3.05, 3.63) is 59.7 Å². The smallest absolute Gasteiger partial charge is 0.244 e. The molecule has 2 N–H and O–H groups in total. The van der Waals surface area contributed by atoms with Gasteiger partial charge in [-0.1, -0.05) is 18.2 Å². The standard InChI is InChI=1S/C18H20N6O/c1-3-24-16(9-10-20-24)7-8-17(25)19-12-14-5-4-6-15(11-14)18-21-13(2)22-23-18/h4-11H,3,12H2,1-2H3,(H,19,25)(H,21,22,23)/b8-7+. The van der Waals surface area contributed by atoms with Crippen LogP contribution in [0.4, 0.5) is 0 Å². The van der Waals surface area contributed by atoms with Gasteiger partial charge in [-0.05, 0) is 37.6 Å². The highest BCUT2D eigenvalue weighted by Gasteiger charge is 2.05. The molecule has 0 fully saturated rings. The summed E-state index contributed by atoms with van der Waals surface area (Å²) in [5, 5.41) is 14.0. The van der Waals surface area contributed by atoms with E-state index in [1.54, 1.807) is 12.3 Å². The van der Waals surface area contributed by atoms with Crippen molar-refractivity contribution in [2.45, 2.75) is 26.9 Å². The first-order chi connectivity index (χ1) is 12.2. The van der Waals surface area contributed by atoms with Crippen LogP contribution in [0.15, 0.2) is 42.6 Å². The number of hydrogen-bond donors (Lipinski definition) is 2. The van der Waals surface area contributed by atoms with Crippen molar-refractivity contribution >= 4 is 12.0 Å². The van der Waals surface area contributed by atoms with Crippen LogP contribution in [-0.4, -0.2) is 30.9 Å². The lowest BCUT2D eigenvalue weighted by Crippen LogP contribution is -2.20. The molecule has 0 saturated heterocycles. The van der Waals surface area contributed by atoms with E-state index in [-0.39, 0.29) is 5.91 Å². The summed E-state index contributed by atoms with van der Waals surface area (Å²) in [5.74, 6) is 1.27. The van der Waals surface area contributed by atoms with Crippen LogP contribution in [0.5, 0.6) is 0 Å². The molecule has 0 aliphatic carbocycles. The average Bonchev–Trinajstić information content (AvgIpc) is 3.27. The van der Waals surface area contributed by atoms with Crippen molar-refractivity contribution in [1.82, 2.24) is 30.3 Å². The first-order valence-electron chi connectivity index (χ1n) is 8.11. The fourth-order valence-electron chi connectivity index (χ4n) is 2.45. The van der Waals surface area contributed by atoms with Gasteiger partial charge in [-0.25, -0.2) is 4.98 Å². The molecule has 0 aliphatic rings. The number of carbonyl (C=O) groups excluding carboxylic acids is 1. The third kappa shape index (κ3) is 4.20. The number of aryl methyl sites for hydroxylation is 2. The number of carbonyl (C=O) groups is 1. The van der Waals surface area contributed by atoms with Crippen LogP contribution in [-0.2, 0) is 17.9 Å². The molecule has 128 valence electrons. The summed E-state index contributed by atoms with van der Waals surface area (Å²) in [6.07, 6.45) is 5.00. The van der Waals surface area contributed by atoms with E-state index in [1.165, 1.54) is 6.08 Å². The molecule has 2 heterocycles. The summed E-state index contributed by atoms with van der Waals surface area (Å²) >= 11 is 0. The van der Waals surface area contributed by atoms with Crippen molar-refractivity contribution < 1.29 is 4.79 Å². The highest BCUT2D eigenvalue weighted by atomic mass is 16.1. The summed E-state index contributed by atoms with van der Waals surface area (Å²) in [5.41, 5.74) is 2.80. The zero-order valence-corrected chi connectivity index (χ0v) is 14.2. The van der Waals surface area contributed by atoms with Gasteiger partial charge >= 0.3 is 0 Å². The van der Waals surface area contributed by atoms with Gasteiger partial charge in [0.2, 0.25) is 5.91 Å². The van der Waals surface area contributed by atoms with Crippen molar-refractivity contribution in [3.8, 4) is 11.4 Å². The highest BCUT2D eigenvalue weighted by molar-refractivity contribution is 5.91. The molecule has 7 nitrogen and oxygen atoms in total. The molecule has 25 heavy (non-hydrogen) atoms. The molecule has 0 saturated carbocycles. The molecule has 0 spiro atoms. The summed E-state index contributed by atoms with van der Waals surface area (Å²) in [7, 11) is 0. The highest BCUT2D eigenvalue weighted by Crippen LogP contribution is 2.16. The Kier molecular flexibility index (Phi) is 5.03. The lowest BCUT2D eigenvalue weighted by Gasteiger charge is -2.04. The SMILES string of the molecule is CCn1nccc1/C=C/C(=O)NCc1cccc(-c2n[nH]c(C)n2)c1. The maximum Gasteiger partial charge on any atom is 0.244 e. The van der Waals surface area contributed by atoms with Crippen molar-refractivity contribution in [2.75, 3.05) is 0 Å². The van der Waals surface area contributed by atoms with Gasteiger partial charge < -0.3 is 5.32 Å². The molecule has 0 atom stereocenters. The van der Waals surface area contributed by atoms with Crippen LogP contribution in [0.1, 0.15) is 24.0 Å². The van der Waals surface area contributed by atoms with Crippen LogP contribution in [0, 0.1) is 6.92 Å². The van der Waals surface area contributed by atoms with Crippen molar-refractivity contribution in [3.63, 3.8) is 0 Å². The van der Waals surface area contributed by atoms with Crippen molar-refractivity contribution in [2.24, 2.45) is 0 Å². The van der Waals surface area contributed by atoms with Gasteiger partial charge in [0.05, 0.1) is 5.69 Å². The Morgan fingerprint density at radius 3 is 3.00 bits per heavy atom. The predicted molar refractivity (Wildman–Crippen MR) is 95.3 cm³/mol. The van der Waals surface area contributed by atoms with Crippen molar-refractivity contribution in [1.29, 1.82) is 0 Å². The molecule has 1 aromatic carbocycles. The molecular formula is C18H20N6O. The number of aromatic amines is 1. The maximum atomic E-state index is 12.0. The Hall–Kier alpha value is -3.22. The molecular weight excluding hydrogens is 316 g/mol. The number of aromatic nitrogens is 5. The van der Waals surface area contributed by atoms with Crippen LogP contribution in [0.2, 0.25) is 0 Å². The van der Waals surface area contributed by atoms with E-state index in [2.05, 4.69) is 25.6 Å². The number of amides is 1. The van der Waals surface area contributed by atoms with E-state index in [1.807, 2.05) is 48.9 Å². The Morgan fingerprint density at radius 2 is 2.24 bits per heavy atom. The lowest BCUT2D eigenvalue weighted by atomic mass is 10.1. The third-order valence-corrected chi connectivity index (χ3v) is 3.70. The summed E-state index contributed by atoms with van der Waals surface area (Å²) < 4.78 is 1.83. The Morgan fingerprint density at radius 1 is 1.36 bits per heavy atom. The number of benzene rings is 1. The topological polar surface area (TPSA) is 88.5 Å². The molecule has 0 radical (unpaired) electrons. The predicted octanol–water partition coefficient (Wildman–Crippen LogP) is 2.33. The Labute approximate surface area is 145 Å². The second kappa shape index (κ2) is 7.57. The maximum absolute atomic E-state index is 12.0. The third-order valence-electron chi connectivity index (χ3n) is 3.70. The molecule has 7 heteroatoms. The van der Waals surface area contributed by atoms with Gasteiger partial charge in [-0.15, -0.1) is 0 Å². The Balaban J connectivity index is 1.61. The van der Waals surface area contributed by atoms with Gasteiger partial charge in [0.15, 0.2) is 5.82 Å². The fraction of sp³-hybridized carbons (Fsp3) is 0.222. The minimum atomic E-state index is -0.150. The van der Waals surface area contributed by atoms with E-state index < -0.39 is 0 Å². The Bertz CT molecular complexity index is 892. The summed E-state index contributed by atoms with van der Waals surface area (Å²) in [6, 6.07) is 9.67. The average molecular weight is 336 g/mol. The zero-order chi connectivity index (χ0) is 17.6. The molecule has 3 aromatic rings. The largest absolute Gasteiger partial charge is 0.348 e. The number of rotatable bonds is 6. The number of nitrogens with one attached hydrogen (secondary N) is 2. The minimum absolute atomic E-state index is 0.150. The molecule has 0 unspecified atom stereocenters. The lowest BCUT2D eigenvalue weighted by molar-refractivity contribution is -0.116. The molecule has 0 aliphatic heterocycles. The van der Waals surface area contributed by atoms with Crippen LogP contribution in [0.3, 0.4) is 0 Å². The van der Waals surface area contributed by atoms with Gasteiger partial charge in [0.25, 0.3) is 0 Å². The molecule has 3 rings (SSSR count). The fourth-order valence-corrected chi connectivity index (χ4v) is 2.45. The monoisotopic (exact) mass is 336 g/mol. The quantitative estimate of drug-likeness (QED) is 0.676. The van der Waals surface area contributed by atoms with Crippen LogP contribution < -0.4 is 5.32 Å². The first-order valence-corrected chi connectivity index (χ1v) is 8.11. The number of nitrogens with zero attached hydrogens (tertiary/aromatic N) is 4. The molecule has 0 bridgehead atoms. The van der Waals surface area contributed by atoms with E-state index in [0.29, 0.717) is 12.4 Å². The second-order valence-corrected chi connectivity index (χ2v) is 5.57. The summed E-state index contributed by atoms with van der Waals surface area (Å²) in [4.78, 5) is 16.3. The zero-order valence-electron chi connectivity index (χ0n) is 14.2. The van der Waals surface area contributed by atoms with E-state index in [4.69, 9.17) is 0 Å². The van der Waals surface area contributed by atoms with E-state index in [9.17, 15) is 4.79 Å². The van der Waals surface area contributed by atoms with Crippen LogP contribution >= 0.6 is 0 Å². The van der Waals surface area contributed by atoms with Gasteiger partial charge in [-0.3, -0.25) is 14.6 Å². The second-order valence-electron chi connectivity index (χ2n) is 5.57. The number of H-pyrrole nitrogens is 1. The molecule has 1 amide bonds. The minimum Gasteiger partial charge on any atom is -0.348 e.